The Balaban J connectivity index is 2.40. The first kappa shape index (κ1) is 9.07. The predicted octanol–water partition coefficient (Wildman–Crippen LogP) is 1.04. The highest BCUT2D eigenvalue weighted by atomic mass is 32.3. The number of rotatable bonds is 2. The maximum absolute atomic E-state index is 12.2. The van der Waals surface area contributed by atoms with E-state index in [-0.39, 0.29) is 18.2 Å². The molecule has 0 amide bonds. The quantitative estimate of drug-likeness (QED) is 0.753. The van der Waals surface area contributed by atoms with Gasteiger partial charge in [0.2, 0.25) is 0 Å². The van der Waals surface area contributed by atoms with Gasteiger partial charge in [0.25, 0.3) is 0 Å². The second kappa shape index (κ2) is 3.02. The van der Waals surface area contributed by atoms with Crippen molar-refractivity contribution < 1.29 is 21.2 Å². The average Bonchev–Trinajstić information content (AvgIpc) is 2.49. The Morgan fingerprint density at radius 1 is 1.50 bits per heavy atom. The third kappa shape index (κ3) is 1.72. The normalized spacial score (nSPS) is 14.1. The number of fused-ring (bicyclic) bond motifs is 1. The van der Waals surface area contributed by atoms with Crippen LogP contribution < -0.4 is 14.2 Å². The summed E-state index contributed by atoms with van der Waals surface area (Å²) in [4.78, 5) is 0. The lowest BCUT2D eigenvalue weighted by atomic mass is 10.3. The van der Waals surface area contributed by atoms with Crippen molar-refractivity contribution in [3.63, 3.8) is 0 Å². The number of anilines is 1. The molecule has 0 saturated heterocycles. The van der Waals surface area contributed by atoms with Gasteiger partial charge in [-0.25, -0.2) is 0 Å². The monoisotopic (exact) mass is 219 g/mol. The van der Waals surface area contributed by atoms with E-state index in [0.717, 1.165) is 0 Å². The van der Waals surface area contributed by atoms with Gasteiger partial charge in [-0.3, -0.25) is 0 Å². The van der Waals surface area contributed by atoms with Crippen LogP contribution in [0.25, 0.3) is 0 Å². The molecule has 1 N–H and O–H groups in total. The zero-order valence-corrected chi connectivity index (χ0v) is 7.67. The van der Waals surface area contributed by atoms with Crippen LogP contribution >= 0.6 is 0 Å². The van der Waals surface area contributed by atoms with Crippen molar-refractivity contribution in [2.24, 2.45) is 0 Å². The minimum atomic E-state index is -5.01. The summed E-state index contributed by atoms with van der Waals surface area (Å²) >= 11 is 0. The third-order valence-corrected chi connectivity index (χ3v) is 2.03. The molecular weight excluding hydrogens is 213 g/mol. The van der Waals surface area contributed by atoms with E-state index in [1.165, 1.54) is 12.1 Å². The van der Waals surface area contributed by atoms with E-state index in [1.54, 1.807) is 6.07 Å². The summed E-state index contributed by atoms with van der Waals surface area (Å²) in [6, 6.07) is 4.50. The standard InChI is InChI=1S/C7H6FNO4S/c8-14(10,11)13-6-3-1-2-5-7(6)12-4-9-5/h1-3,9H,4H2. The molecule has 1 heterocycles. The van der Waals surface area contributed by atoms with Gasteiger partial charge in [-0.2, -0.15) is 8.42 Å². The molecule has 0 aliphatic carbocycles. The minimum absolute atomic E-state index is 0.157. The highest BCUT2D eigenvalue weighted by Crippen LogP contribution is 2.38. The number of hydrogen-bond donors (Lipinski definition) is 1. The highest BCUT2D eigenvalue weighted by molar-refractivity contribution is 7.81. The van der Waals surface area contributed by atoms with Crippen molar-refractivity contribution in [2.45, 2.75) is 0 Å². The number of para-hydroxylation sites is 1. The Morgan fingerprint density at radius 3 is 3.00 bits per heavy atom. The fraction of sp³-hybridized carbons (Fsp3) is 0.143. The molecule has 0 bridgehead atoms. The Labute approximate surface area is 79.9 Å². The van der Waals surface area contributed by atoms with E-state index in [2.05, 4.69) is 9.50 Å². The molecule has 7 heteroatoms. The zero-order chi connectivity index (χ0) is 10.2. The lowest BCUT2D eigenvalue weighted by molar-refractivity contribution is 0.353. The van der Waals surface area contributed by atoms with Crippen LogP contribution in [0.5, 0.6) is 11.5 Å². The number of halogens is 1. The van der Waals surface area contributed by atoms with Crippen molar-refractivity contribution in [1.29, 1.82) is 0 Å². The van der Waals surface area contributed by atoms with Crippen LogP contribution in [0.1, 0.15) is 0 Å². The molecule has 1 aromatic rings. The van der Waals surface area contributed by atoms with E-state index in [0.29, 0.717) is 5.69 Å². The van der Waals surface area contributed by atoms with Crippen molar-refractivity contribution in [3.8, 4) is 11.5 Å². The van der Waals surface area contributed by atoms with Crippen LogP contribution in [-0.4, -0.2) is 15.1 Å². The SMILES string of the molecule is O=S(=O)(F)Oc1cccc2c1OCN2. The van der Waals surface area contributed by atoms with Gasteiger partial charge in [0.15, 0.2) is 18.2 Å². The molecule has 2 rings (SSSR count). The number of ether oxygens (including phenoxy) is 1. The van der Waals surface area contributed by atoms with Crippen molar-refractivity contribution >= 4 is 16.2 Å². The Bertz CT molecular complexity index is 459. The molecule has 0 saturated carbocycles. The fourth-order valence-corrected chi connectivity index (χ4v) is 1.51. The number of benzene rings is 1. The first-order valence-electron chi connectivity index (χ1n) is 3.70. The first-order valence-corrected chi connectivity index (χ1v) is 5.01. The smallest absolute Gasteiger partial charge is 0.467 e. The first-order chi connectivity index (χ1) is 6.56. The number of nitrogens with one attached hydrogen (secondary N) is 1. The Morgan fingerprint density at radius 2 is 2.29 bits per heavy atom. The van der Waals surface area contributed by atoms with Crippen molar-refractivity contribution in [3.05, 3.63) is 18.2 Å². The molecule has 0 unspecified atom stereocenters. The average molecular weight is 219 g/mol. The molecule has 5 nitrogen and oxygen atoms in total. The zero-order valence-electron chi connectivity index (χ0n) is 6.86. The molecule has 0 spiro atoms. The van der Waals surface area contributed by atoms with Gasteiger partial charge in [0.05, 0.1) is 5.69 Å². The highest BCUT2D eigenvalue weighted by Gasteiger charge is 2.20. The van der Waals surface area contributed by atoms with E-state index >= 15 is 0 Å². The van der Waals surface area contributed by atoms with E-state index in [9.17, 15) is 12.3 Å². The molecular formula is C7H6FNO4S. The summed E-state index contributed by atoms with van der Waals surface area (Å²) in [5.74, 6) is 0.0451. The van der Waals surface area contributed by atoms with Crippen molar-refractivity contribution in [1.82, 2.24) is 0 Å². The molecule has 14 heavy (non-hydrogen) atoms. The molecule has 0 radical (unpaired) electrons. The summed E-state index contributed by atoms with van der Waals surface area (Å²) in [5, 5.41) is 2.81. The lowest BCUT2D eigenvalue weighted by Crippen LogP contribution is -2.02. The van der Waals surface area contributed by atoms with E-state index in [4.69, 9.17) is 4.74 Å². The van der Waals surface area contributed by atoms with Gasteiger partial charge >= 0.3 is 10.5 Å². The summed E-state index contributed by atoms with van der Waals surface area (Å²) in [5.41, 5.74) is 0.575. The summed E-state index contributed by atoms with van der Waals surface area (Å²) < 4.78 is 41.8. The molecule has 0 fully saturated rings. The minimum Gasteiger partial charge on any atom is -0.467 e. The summed E-state index contributed by atoms with van der Waals surface area (Å²) in [7, 11) is -5.01. The maximum atomic E-state index is 12.2. The molecule has 76 valence electrons. The topological polar surface area (TPSA) is 64.6 Å². The molecule has 1 aliphatic rings. The van der Waals surface area contributed by atoms with Gasteiger partial charge in [0, 0.05) is 0 Å². The van der Waals surface area contributed by atoms with E-state index in [1.807, 2.05) is 0 Å². The summed E-state index contributed by atoms with van der Waals surface area (Å²) in [6.07, 6.45) is 0. The third-order valence-electron chi connectivity index (χ3n) is 1.65. The van der Waals surface area contributed by atoms with Gasteiger partial charge in [-0.05, 0) is 12.1 Å². The molecule has 1 aliphatic heterocycles. The van der Waals surface area contributed by atoms with Crippen LogP contribution in [0.15, 0.2) is 18.2 Å². The predicted molar refractivity (Wildman–Crippen MR) is 46.2 cm³/mol. The van der Waals surface area contributed by atoms with Crippen LogP contribution in [0.4, 0.5) is 9.57 Å². The Kier molecular flexibility index (Phi) is 1.95. The van der Waals surface area contributed by atoms with Gasteiger partial charge in [-0.1, -0.05) is 9.95 Å². The van der Waals surface area contributed by atoms with Gasteiger partial charge in [-0.15, -0.1) is 0 Å². The molecule has 0 aromatic heterocycles. The van der Waals surface area contributed by atoms with Gasteiger partial charge in [0.1, 0.15) is 0 Å². The van der Waals surface area contributed by atoms with Crippen molar-refractivity contribution in [2.75, 3.05) is 12.0 Å². The van der Waals surface area contributed by atoms with Crippen LogP contribution in [0.2, 0.25) is 0 Å². The van der Waals surface area contributed by atoms with Gasteiger partial charge < -0.3 is 14.2 Å². The molecule has 0 atom stereocenters. The fourth-order valence-electron chi connectivity index (χ4n) is 1.16. The van der Waals surface area contributed by atoms with Crippen LogP contribution in [-0.2, 0) is 10.5 Å². The summed E-state index contributed by atoms with van der Waals surface area (Å²) in [6.45, 7) is 0.210. The molecule has 1 aromatic carbocycles. The van der Waals surface area contributed by atoms with Crippen LogP contribution in [0.3, 0.4) is 0 Å². The lowest BCUT2D eigenvalue weighted by Gasteiger charge is -2.03. The largest absolute Gasteiger partial charge is 0.488 e. The maximum Gasteiger partial charge on any atom is 0.488 e. The second-order valence-corrected chi connectivity index (χ2v) is 3.53. The Hall–Kier alpha value is -1.50. The second-order valence-electron chi connectivity index (χ2n) is 2.57. The number of hydrogen-bond acceptors (Lipinski definition) is 5. The van der Waals surface area contributed by atoms with E-state index < -0.39 is 10.5 Å². The van der Waals surface area contributed by atoms with Crippen LogP contribution in [0, 0.1) is 0 Å².